The van der Waals surface area contributed by atoms with Gasteiger partial charge in [0.25, 0.3) is 0 Å². The van der Waals surface area contributed by atoms with Crippen LogP contribution < -0.4 is 0 Å². The fourth-order valence-electron chi connectivity index (χ4n) is 3.43. The molecule has 1 fully saturated rings. The Morgan fingerprint density at radius 3 is 1.76 bits per heavy atom. The van der Waals surface area contributed by atoms with Gasteiger partial charge in [-0.25, -0.2) is 0 Å². The highest BCUT2D eigenvalue weighted by Gasteiger charge is 2.52. The molecule has 0 saturated carbocycles. The van der Waals surface area contributed by atoms with Crippen molar-refractivity contribution >= 4 is 39.8 Å². The van der Waals surface area contributed by atoms with E-state index in [1.165, 1.54) is 27.7 Å². The summed E-state index contributed by atoms with van der Waals surface area (Å²) in [5.74, 6) is -2.57. The first kappa shape index (κ1) is 29.3. The molecule has 1 aliphatic heterocycles. The third-order valence-electron chi connectivity index (χ3n) is 4.76. The lowest BCUT2D eigenvalue weighted by atomic mass is 9.98. The van der Waals surface area contributed by atoms with Crippen molar-refractivity contribution in [1.82, 2.24) is 0 Å². The molecular formula is C22H35BrO10. The van der Waals surface area contributed by atoms with Crippen molar-refractivity contribution in [3.8, 4) is 0 Å². The minimum atomic E-state index is -1.21. The molecular weight excluding hydrogens is 504 g/mol. The Bertz CT molecular complexity index is 641. The van der Waals surface area contributed by atoms with Gasteiger partial charge in [0.15, 0.2) is 24.6 Å². The molecule has 1 aliphatic rings. The molecule has 0 amide bonds. The van der Waals surface area contributed by atoms with Crippen LogP contribution in [-0.2, 0) is 47.6 Å². The first-order valence-corrected chi connectivity index (χ1v) is 12.3. The van der Waals surface area contributed by atoms with Gasteiger partial charge in [-0.3, -0.25) is 19.2 Å². The number of hydrogen-bond donors (Lipinski definition) is 0. The van der Waals surface area contributed by atoms with Crippen LogP contribution in [0.4, 0.5) is 0 Å². The number of alkyl halides is 1. The molecule has 0 aliphatic carbocycles. The Hall–Kier alpha value is -1.72. The molecule has 0 aromatic heterocycles. The van der Waals surface area contributed by atoms with E-state index in [-0.39, 0.29) is 6.61 Å². The lowest BCUT2D eigenvalue weighted by Crippen LogP contribution is -2.63. The molecule has 0 bridgehead atoms. The van der Waals surface area contributed by atoms with Crippen LogP contribution >= 0.6 is 15.9 Å². The number of carbonyl (C=O) groups excluding carboxylic acids is 4. The zero-order valence-electron chi connectivity index (χ0n) is 19.7. The van der Waals surface area contributed by atoms with E-state index < -0.39 is 54.6 Å². The zero-order chi connectivity index (χ0) is 24.8. The Morgan fingerprint density at radius 2 is 1.21 bits per heavy atom. The Labute approximate surface area is 203 Å². The molecule has 0 spiro atoms. The number of ether oxygens (including phenoxy) is 6. The van der Waals surface area contributed by atoms with Crippen LogP contribution in [0.1, 0.15) is 66.2 Å². The quantitative estimate of drug-likeness (QED) is 0.141. The van der Waals surface area contributed by atoms with Crippen LogP contribution in [0, 0.1) is 0 Å². The lowest BCUT2D eigenvalue weighted by Gasteiger charge is -2.44. The van der Waals surface area contributed by atoms with Gasteiger partial charge in [-0.2, -0.15) is 0 Å². The molecule has 10 nitrogen and oxygen atoms in total. The molecule has 1 heterocycles. The van der Waals surface area contributed by atoms with Crippen molar-refractivity contribution in [2.45, 2.75) is 96.9 Å². The maximum atomic E-state index is 11.8. The van der Waals surface area contributed by atoms with Crippen LogP contribution in [0.2, 0.25) is 0 Å². The highest BCUT2D eigenvalue weighted by atomic mass is 79.9. The highest BCUT2D eigenvalue weighted by molar-refractivity contribution is 9.09. The highest BCUT2D eigenvalue weighted by Crippen LogP contribution is 2.30. The number of halogens is 1. The first-order chi connectivity index (χ1) is 15.6. The summed E-state index contributed by atoms with van der Waals surface area (Å²) in [6.45, 7) is 4.81. The molecule has 1 saturated heterocycles. The summed E-state index contributed by atoms with van der Waals surface area (Å²) >= 11 is 3.41. The molecule has 11 heteroatoms. The van der Waals surface area contributed by atoms with Crippen molar-refractivity contribution in [1.29, 1.82) is 0 Å². The van der Waals surface area contributed by atoms with E-state index in [9.17, 15) is 19.2 Å². The fraction of sp³-hybridized carbons (Fsp3) is 0.818. The lowest BCUT2D eigenvalue weighted by molar-refractivity contribution is -0.308. The molecule has 0 unspecified atom stereocenters. The average molecular weight is 539 g/mol. The predicted octanol–water partition coefficient (Wildman–Crippen LogP) is 2.82. The van der Waals surface area contributed by atoms with Gasteiger partial charge in [-0.15, -0.1) is 0 Å². The molecule has 190 valence electrons. The van der Waals surface area contributed by atoms with Crippen LogP contribution in [0.5, 0.6) is 0 Å². The average Bonchev–Trinajstić information content (AvgIpc) is 2.71. The monoisotopic (exact) mass is 538 g/mol. The van der Waals surface area contributed by atoms with Gasteiger partial charge in [-0.1, -0.05) is 41.6 Å². The Morgan fingerprint density at radius 1 is 0.697 bits per heavy atom. The van der Waals surface area contributed by atoms with E-state index in [4.69, 9.17) is 28.4 Å². The third kappa shape index (κ3) is 11.8. The molecule has 0 aromatic carbocycles. The maximum Gasteiger partial charge on any atom is 0.303 e. The van der Waals surface area contributed by atoms with Crippen molar-refractivity contribution in [3.05, 3.63) is 0 Å². The minimum absolute atomic E-state index is 0.273. The van der Waals surface area contributed by atoms with E-state index in [2.05, 4.69) is 15.9 Å². The predicted molar refractivity (Wildman–Crippen MR) is 119 cm³/mol. The number of esters is 4. The second kappa shape index (κ2) is 16.0. The molecule has 33 heavy (non-hydrogen) atoms. The number of carbonyl (C=O) groups is 4. The summed E-state index contributed by atoms with van der Waals surface area (Å²) in [6, 6.07) is 0. The van der Waals surface area contributed by atoms with Gasteiger partial charge in [0.1, 0.15) is 12.7 Å². The molecule has 0 aromatic rings. The van der Waals surface area contributed by atoms with Crippen molar-refractivity contribution < 1.29 is 47.6 Å². The number of hydrogen-bond acceptors (Lipinski definition) is 10. The summed E-state index contributed by atoms with van der Waals surface area (Å²) in [6.07, 6.45) is 0.523. The number of rotatable bonds is 14. The van der Waals surface area contributed by atoms with Gasteiger partial charge >= 0.3 is 23.9 Å². The van der Waals surface area contributed by atoms with Crippen LogP contribution in [0.25, 0.3) is 0 Å². The minimum Gasteiger partial charge on any atom is -0.463 e. The smallest absolute Gasteiger partial charge is 0.303 e. The van der Waals surface area contributed by atoms with E-state index >= 15 is 0 Å². The van der Waals surface area contributed by atoms with Gasteiger partial charge < -0.3 is 28.4 Å². The van der Waals surface area contributed by atoms with Crippen LogP contribution in [0.3, 0.4) is 0 Å². The van der Waals surface area contributed by atoms with Gasteiger partial charge in [0, 0.05) is 39.6 Å². The summed E-state index contributed by atoms with van der Waals surface area (Å²) in [7, 11) is 0. The van der Waals surface area contributed by atoms with Crippen LogP contribution in [0.15, 0.2) is 0 Å². The number of unbranched alkanes of at least 4 members (excludes halogenated alkanes) is 5. The first-order valence-electron chi connectivity index (χ1n) is 11.1. The van der Waals surface area contributed by atoms with Gasteiger partial charge in [0.05, 0.1) is 0 Å². The van der Waals surface area contributed by atoms with E-state index in [0.29, 0.717) is 6.61 Å². The maximum absolute atomic E-state index is 11.8. The second-order valence-electron chi connectivity index (χ2n) is 7.75. The normalized spacial score (nSPS) is 24.6. The Kier molecular flexibility index (Phi) is 14.2. The standard InChI is InChI=1S/C22H35BrO10/c1-14(24)29-13-18-19(30-15(2)25)20(31-16(3)26)21(32-17(4)27)22(33-18)28-12-10-8-6-5-7-9-11-23/h18-22H,5-13H2,1-4H3/t18-,19-,20+,21-,22-/m1/s1. The van der Waals surface area contributed by atoms with Crippen molar-refractivity contribution in [3.63, 3.8) is 0 Å². The summed E-state index contributed by atoms with van der Waals surface area (Å²) in [4.78, 5) is 46.6. The Balaban J connectivity index is 2.95. The summed E-state index contributed by atoms with van der Waals surface area (Å²) < 4.78 is 32.8. The molecule has 5 atom stereocenters. The molecule has 0 radical (unpaired) electrons. The zero-order valence-corrected chi connectivity index (χ0v) is 21.3. The fourth-order valence-corrected chi connectivity index (χ4v) is 3.82. The van der Waals surface area contributed by atoms with Crippen molar-refractivity contribution in [2.75, 3.05) is 18.5 Å². The molecule has 1 rings (SSSR count). The van der Waals surface area contributed by atoms with E-state index in [1.807, 2.05) is 0 Å². The van der Waals surface area contributed by atoms with E-state index in [1.54, 1.807) is 0 Å². The summed E-state index contributed by atoms with van der Waals surface area (Å²) in [5.41, 5.74) is 0. The van der Waals surface area contributed by atoms with Crippen LogP contribution in [-0.4, -0.2) is 73.1 Å². The summed E-state index contributed by atoms with van der Waals surface area (Å²) in [5, 5.41) is 0.999. The largest absolute Gasteiger partial charge is 0.463 e. The third-order valence-corrected chi connectivity index (χ3v) is 5.32. The van der Waals surface area contributed by atoms with Crippen molar-refractivity contribution in [2.24, 2.45) is 0 Å². The topological polar surface area (TPSA) is 124 Å². The van der Waals surface area contributed by atoms with Gasteiger partial charge in [-0.05, 0) is 12.8 Å². The van der Waals surface area contributed by atoms with Gasteiger partial charge in [0.2, 0.25) is 0 Å². The van der Waals surface area contributed by atoms with E-state index in [0.717, 1.165) is 43.9 Å². The molecule has 0 N–H and O–H groups in total. The second-order valence-corrected chi connectivity index (χ2v) is 8.54. The SMILES string of the molecule is CC(=O)OC[C@H]1O[C@@H](OCCCCCCCCBr)[C@H](OC(C)=O)[C@@H](OC(C)=O)[C@@H]1OC(C)=O.